The number of ether oxygens (including phenoxy) is 1. The number of esters is 1. The third-order valence-electron chi connectivity index (χ3n) is 2.49. The molecule has 1 heterocycles. The minimum atomic E-state index is -0.347. The van der Waals surface area contributed by atoms with Gasteiger partial charge in [0.1, 0.15) is 6.29 Å². The molecule has 0 radical (unpaired) electrons. The molecular weight excluding hydrogens is 218 g/mol. The molecule has 0 amide bonds. The molecule has 1 aromatic heterocycles. The molecule has 0 unspecified atom stereocenters. The predicted octanol–water partition coefficient (Wildman–Crippen LogP) is 2.16. The zero-order valence-corrected chi connectivity index (χ0v) is 9.55. The standard InChI is InChI=1S/C13H13NO3/c1-10(16)17-12-5-2-4-11-6-8-14(13(11)12)7-3-9-15/h2,4-6,8-9H,3,7H2,1H3. The Balaban J connectivity index is 2.47. The highest BCUT2D eigenvalue weighted by Crippen LogP contribution is 2.26. The number of hydrogen-bond acceptors (Lipinski definition) is 3. The van der Waals surface area contributed by atoms with Crippen LogP contribution in [0.15, 0.2) is 30.5 Å². The van der Waals surface area contributed by atoms with Crippen LogP contribution in [0.5, 0.6) is 5.75 Å². The fourth-order valence-electron chi connectivity index (χ4n) is 1.84. The lowest BCUT2D eigenvalue weighted by Gasteiger charge is -2.07. The number of aromatic nitrogens is 1. The van der Waals surface area contributed by atoms with Gasteiger partial charge >= 0.3 is 5.97 Å². The Kier molecular flexibility index (Phi) is 3.23. The highest BCUT2D eigenvalue weighted by atomic mass is 16.5. The van der Waals surface area contributed by atoms with Gasteiger partial charge in [-0.25, -0.2) is 0 Å². The second-order valence-corrected chi connectivity index (χ2v) is 3.75. The lowest BCUT2D eigenvalue weighted by atomic mass is 10.2. The third kappa shape index (κ3) is 2.36. The van der Waals surface area contributed by atoms with Crippen LogP contribution in [0, 0.1) is 0 Å². The van der Waals surface area contributed by atoms with Gasteiger partial charge in [0.2, 0.25) is 0 Å². The molecule has 4 heteroatoms. The number of nitrogens with zero attached hydrogens (tertiary/aromatic N) is 1. The summed E-state index contributed by atoms with van der Waals surface area (Å²) >= 11 is 0. The maximum Gasteiger partial charge on any atom is 0.308 e. The van der Waals surface area contributed by atoms with Crippen LogP contribution in [0.4, 0.5) is 0 Å². The van der Waals surface area contributed by atoms with Crippen LogP contribution < -0.4 is 4.74 Å². The van der Waals surface area contributed by atoms with Crippen LogP contribution in [0.2, 0.25) is 0 Å². The normalized spacial score (nSPS) is 10.4. The number of benzene rings is 1. The Morgan fingerprint density at radius 2 is 2.24 bits per heavy atom. The van der Waals surface area contributed by atoms with E-state index in [-0.39, 0.29) is 5.97 Å². The Labute approximate surface area is 98.8 Å². The van der Waals surface area contributed by atoms with Crippen molar-refractivity contribution in [3.05, 3.63) is 30.5 Å². The van der Waals surface area contributed by atoms with Crippen molar-refractivity contribution in [2.75, 3.05) is 0 Å². The maximum absolute atomic E-state index is 11.0. The molecule has 0 atom stereocenters. The van der Waals surface area contributed by atoms with Gasteiger partial charge in [-0.3, -0.25) is 4.79 Å². The minimum absolute atomic E-state index is 0.347. The SMILES string of the molecule is CC(=O)Oc1cccc2ccn(CCC=O)c12. The maximum atomic E-state index is 11.0. The lowest BCUT2D eigenvalue weighted by Crippen LogP contribution is -2.04. The molecule has 0 N–H and O–H groups in total. The summed E-state index contributed by atoms with van der Waals surface area (Å²) in [5.74, 6) is 0.187. The van der Waals surface area contributed by atoms with E-state index in [4.69, 9.17) is 4.74 Å². The molecule has 0 saturated carbocycles. The fraction of sp³-hybridized carbons (Fsp3) is 0.231. The van der Waals surface area contributed by atoms with E-state index in [2.05, 4.69) is 0 Å². The zero-order chi connectivity index (χ0) is 12.3. The largest absolute Gasteiger partial charge is 0.424 e. The van der Waals surface area contributed by atoms with Crippen molar-refractivity contribution < 1.29 is 14.3 Å². The Hall–Kier alpha value is -2.10. The Bertz CT molecular complexity index is 557. The van der Waals surface area contributed by atoms with Gasteiger partial charge in [0.25, 0.3) is 0 Å². The molecule has 0 fully saturated rings. The van der Waals surface area contributed by atoms with Crippen LogP contribution in [0.25, 0.3) is 10.9 Å². The summed E-state index contributed by atoms with van der Waals surface area (Å²) < 4.78 is 7.08. The summed E-state index contributed by atoms with van der Waals surface area (Å²) in [6.07, 6.45) is 3.21. The van der Waals surface area contributed by atoms with Crippen molar-refractivity contribution in [1.82, 2.24) is 4.57 Å². The van der Waals surface area contributed by atoms with Crippen LogP contribution in [0.1, 0.15) is 13.3 Å². The first kappa shape index (κ1) is 11.4. The molecule has 0 aliphatic heterocycles. The van der Waals surface area contributed by atoms with Crippen LogP contribution in [-0.2, 0) is 16.1 Å². The summed E-state index contributed by atoms with van der Waals surface area (Å²) in [4.78, 5) is 21.4. The predicted molar refractivity (Wildman–Crippen MR) is 63.9 cm³/mol. The van der Waals surface area contributed by atoms with Crippen LogP contribution in [0.3, 0.4) is 0 Å². The van der Waals surface area contributed by atoms with E-state index in [0.29, 0.717) is 18.7 Å². The van der Waals surface area contributed by atoms with E-state index in [1.54, 1.807) is 6.07 Å². The molecule has 88 valence electrons. The number of para-hydroxylation sites is 1. The first-order valence-corrected chi connectivity index (χ1v) is 5.42. The second-order valence-electron chi connectivity index (χ2n) is 3.75. The van der Waals surface area contributed by atoms with Gasteiger partial charge in [-0.2, -0.15) is 0 Å². The molecular formula is C13H13NO3. The number of aryl methyl sites for hydroxylation is 1. The molecule has 1 aromatic carbocycles. The van der Waals surface area contributed by atoms with E-state index in [1.807, 2.05) is 29.0 Å². The molecule has 2 rings (SSSR count). The smallest absolute Gasteiger partial charge is 0.308 e. The van der Waals surface area contributed by atoms with Crippen molar-refractivity contribution >= 4 is 23.2 Å². The van der Waals surface area contributed by atoms with Gasteiger partial charge in [0, 0.05) is 31.5 Å². The average Bonchev–Trinajstić information content (AvgIpc) is 2.70. The quantitative estimate of drug-likeness (QED) is 0.460. The van der Waals surface area contributed by atoms with Gasteiger partial charge in [0.05, 0.1) is 5.52 Å². The van der Waals surface area contributed by atoms with Gasteiger partial charge < -0.3 is 14.1 Å². The zero-order valence-electron chi connectivity index (χ0n) is 9.55. The van der Waals surface area contributed by atoms with E-state index in [0.717, 1.165) is 17.2 Å². The molecule has 0 saturated heterocycles. The number of rotatable bonds is 4. The van der Waals surface area contributed by atoms with Crippen molar-refractivity contribution in [1.29, 1.82) is 0 Å². The van der Waals surface area contributed by atoms with E-state index < -0.39 is 0 Å². The number of fused-ring (bicyclic) bond motifs is 1. The summed E-state index contributed by atoms with van der Waals surface area (Å²) in [6.45, 7) is 1.96. The summed E-state index contributed by atoms with van der Waals surface area (Å²) in [5, 5.41) is 0.995. The molecule has 17 heavy (non-hydrogen) atoms. The van der Waals surface area contributed by atoms with Gasteiger partial charge in [0.15, 0.2) is 5.75 Å². The molecule has 2 aromatic rings. The van der Waals surface area contributed by atoms with Gasteiger partial charge in [-0.05, 0) is 12.1 Å². The van der Waals surface area contributed by atoms with Gasteiger partial charge in [-0.1, -0.05) is 12.1 Å². The van der Waals surface area contributed by atoms with E-state index in [1.165, 1.54) is 6.92 Å². The van der Waals surface area contributed by atoms with Crippen molar-refractivity contribution in [2.45, 2.75) is 19.9 Å². The summed E-state index contributed by atoms with van der Waals surface area (Å²) in [6, 6.07) is 7.47. The number of carbonyl (C=O) groups excluding carboxylic acids is 2. The Morgan fingerprint density at radius 1 is 1.41 bits per heavy atom. The average molecular weight is 231 g/mol. The molecule has 0 aliphatic rings. The minimum Gasteiger partial charge on any atom is -0.424 e. The van der Waals surface area contributed by atoms with Crippen LogP contribution in [-0.4, -0.2) is 16.8 Å². The highest BCUT2D eigenvalue weighted by Gasteiger charge is 2.08. The van der Waals surface area contributed by atoms with E-state index >= 15 is 0 Å². The third-order valence-corrected chi connectivity index (χ3v) is 2.49. The van der Waals surface area contributed by atoms with Crippen molar-refractivity contribution in [3.8, 4) is 5.75 Å². The number of aldehydes is 1. The van der Waals surface area contributed by atoms with Crippen LogP contribution >= 0.6 is 0 Å². The van der Waals surface area contributed by atoms with Crippen molar-refractivity contribution in [3.63, 3.8) is 0 Å². The topological polar surface area (TPSA) is 48.3 Å². The highest BCUT2D eigenvalue weighted by molar-refractivity contribution is 5.88. The van der Waals surface area contributed by atoms with Gasteiger partial charge in [-0.15, -0.1) is 0 Å². The molecule has 0 aliphatic carbocycles. The first-order valence-electron chi connectivity index (χ1n) is 5.42. The molecule has 0 spiro atoms. The second kappa shape index (κ2) is 4.82. The lowest BCUT2D eigenvalue weighted by molar-refractivity contribution is -0.131. The first-order chi connectivity index (χ1) is 8.22. The Morgan fingerprint density at radius 3 is 2.94 bits per heavy atom. The van der Waals surface area contributed by atoms with Crippen molar-refractivity contribution in [2.24, 2.45) is 0 Å². The fourth-order valence-corrected chi connectivity index (χ4v) is 1.84. The van der Waals surface area contributed by atoms with E-state index in [9.17, 15) is 9.59 Å². The number of carbonyl (C=O) groups is 2. The summed E-state index contributed by atoms with van der Waals surface area (Å²) in [5.41, 5.74) is 0.851. The monoisotopic (exact) mass is 231 g/mol. The summed E-state index contributed by atoms with van der Waals surface area (Å²) in [7, 11) is 0. The molecule has 4 nitrogen and oxygen atoms in total. The molecule has 0 bridgehead atoms. The number of hydrogen-bond donors (Lipinski definition) is 0.